The Balaban J connectivity index is 1.63. The number of benzene rings is 1. The summed E-state index contributed by atoms with van der Waals surface area (Å²) in [7, 11) is 0. The Hall–Kier alpha value is -3.78. The molecular weight excluding hydrogens is 446 g/mol. The van der Waals surface area contributed by atoms with Crippen LogP contribution in [0.1, 0.15) is 26.3 Å². The number of esters is 1. The van der Waals surface area contributed by atoms with Crippen LogP contribution in [0, 0.1) is 5.92 Å². The van der Waals surface area contributed by atoms with Crippen molar-refractivity contribution in [1.29, 1.82) is 0 Å². The number of furan rings is 1. The molecule has 0 fully saturated rings. The number of pyridine rings is 1. The standard InChI is InChI=1S/C27H29N3O5/c1-4-19-11-12-21(28-13-19)23-24-26(34-15-18(3)14-32-16-22(31)33-5-2)29-17-30-27(24)35-25(23)20-9-7-6-8-10-20/h6-13,17-18H,4-5,14-16H2,1-3H3. The van der Waals surface area contributed by atoms with Crippen molar-refractivity contribution in [3.05, 3.63) is 60.6 Å². The molecule has 8 nitrogen and oxygen atoms in total. The first-order chi connectivity index (χ1) is 17.1. The number of carbonyl (C=O) groups excluding carboxylic acids is 1. The molecule has 0 radical (unpaired) electrons. The number of carbonyl (C=O) groups is 1. The minimum Gasteiger partial charge on any atom is -0.477 e. The molecular formula is C27H29N3O5. The molecule has 4 aromatic rings. The number of ether oxygens (including phenoxy) is 3. The van der Waals surface area contributed by atoms with Gasteiger partial charge in [-0.2, -0.15) is 0 Å². The van der Waals surface area contributed by atoms with Gasteiger partial charge in [0.2, 0.25) is 11.6 Å². The van der Waals surface area contributed by atoms with Crippen LogP contribution in [0.4, 0.5) is 0 Å². The first-order valence-electron chi connectivity index (χ1n) is 11.7. The highest BCUT2D eigenvalue weighted by Crippen LogP contribution is 2.42. The minimum absolute atomic E-state index is 0.0142. The molecule has 182 valence electrons. The van der Waals surface area contributed by atoms with Gasteiger partial charge in [-0.15, -0.1) is 0 Å². The maximum Gasteiger partial charge on any atom is 0.332 e. The quantitative estimate of drug-likeness (QED) is 0.276. The zero-order chi connectivity index (χ0) is 24.6. The molecule has 0 aliphatic carbocycles. The van der Waals surface area contributed by atoms with Crippen molar-refractivity contribution in [1.82, 2.24) is 15.0 Å². The molecule has 8 heteroatoms. The highest BCUT2D eigenvalue weighted by molar-refractivity contribution is 6.02. The Bertz CT molecular complexity index is 1260. The molecule has 4 rings (SSSR count). The average molecular weight is 476 g/mol. The van der Waals surface area contributed by atoms with Gasteiger partial charge in [-0.1, -0.05) is 50.2 Å². The zero-order valence-electron chi connectivity index (χ0n) is 20.2. The number of aryl methyl sites for hydroxylation is 1. The van der Waals surface area contributed by atoms with E-state index in [1.165, 1.54) is 6.33 Å². The SMILES string of the molecule is CCOC(=O)COCC(C)COc1ncnc2oc(-c3ccccc3)c(-c3ccc(CC)cn3)c12. The predicted molar refractivity (Wildman–Crippen MR) is 132 cm³/mol. The molecule has 0 saturated heterocycles. The third-order valence-corrected chi connectivity index (χ3v) is 5.41. The maximum atomic E-state index is 11.5. The van der Waals surface area contributed by atoms with Crippen LogP contribution in [0.15, 0.2) is 59.4 Å². The summed E-state index contributed by atoms with van der Waals surface area (Å²) in [6, 6.07) is 13.9. The third kappa shape index (κ3) is 5.84. The zero-order valence-corrected chi connectivity index (χ0v) is 20.2. The second-order valence-corrected chi connectivity index (χ2v) is 8.17. The van der Waals surface area contributed by atoms with Crippen molar-refractivity contribution in [2.24, 2.45) is 5.92 Å². The van der Waals surface area contributed by atoms with Crippen molar-refractivity contribution in [2.45, 2.75) is 27.2 Å². The predicted octanol–water partition coefficient (Wildman–Crippen LogP) is 5.11. The van der Waals surface area contributed by atoms with Crippen LogP contribution in [-0.2, 0) is 20.7 Å². The van der Waals surface area contributed by atoms with Gasteiger partial charge in [0.05, 0.1) is 31.1 Å². The second-order valence-electron chi connectivity index (χ2n) is 8.17. The number of hydrogen-bond donors (Lipinski definition) is 0. The van der Waals surface area contributed by atoms with Crippen LogP contribution < -0.4 is 4.74 Å². The van der Waals surface area contributed by atoms with E-state index in [0.717, 1.165) is 28.8 Å². The number of rotatable bonds is 11. The molecule has 0 saturated carbocycles. The summed E-state index contributed by atoms with van der Waals surface area (Å²) in [6.07, 6.45) is 4.20. The maximum absolute atomic E-state index is 11.5. The Morgan fingerprint density at radius 3 is 2.57 bits per heavy atom. The van der Waals surface area contributed by atoms with Gasteiger partial charge < -0.3 is 18.6 Å². The topological polar surface area (TPSA) is 96.6 Å². The smallest absolute Gasteiger partial charge is 0.332 e. The lowest BCUT2D eigenvalue weighted by atomic mass is 10.0. The van der Waals surface area contributed by atoms with Gasteiger partial charge in [-0.3, -0.25) is 4.98 Å². The highest BCUT2D eigenvalue weighted by atomic mass is 16.6. The summed E-state index contributed by atoms with van der Waals surface area (Å²) >= 11 is 0. The first-order valence-corrected chi connectivity index (χ1v) is 11.7. The van der Waals surface area contributed by atoms with Crippen molar-refractivity contribution in [2.75, 3.05) is 26.4 Å². The fourth-order valence-corrected chi connectivity index (χ4v) is 3.65. The Labute approximate surface area is 204 Å². The highest BCUT2D eigenvalue weighted by Gasteiger charge is 2.24. The lowest BCUT2D eigenvalue weighted by molar-refractivity contribution is -0.148. The third-order valence-electron chi connectivity index (χ3n) is 5.41. The van der Waals surface area contributed by atoms with Gasteiger partial charge in [0.1, 0.15) is 24.1 Å². The Morgan fingerprint density at radius 2 is 1.86 bits per heavy atom. The summed E-state index contributed by atoms with van der Waals surface area (Å²) in [6.45, 7) is 6.76. The summed E-state index contributed by atoms with van der Waals surface area (Å²) in [5, 5.41) is 0.669. The summed E-state index contributed by atoms with van der Waals surface area (Å²) < 4.78 is 22.6. The van der Waals surface area contributed by atoms with Gasteiger partial charge in [-0.25, -0.2) is 14.8 Å². The molecule has 1 atom stereocenters. The molecule has 1 aromatic carbocycles. The van der Waals surface area contributed by atoms with Crippen molar-refractivity contribution in [3.8, 4) is 28.5 Å². The molecule has 0 aliphatic rings. The number of hydrogen-bond acceptors (Lipinski definition) is 8. The summed E-state index contributed by atoms with van der Waals surface area (Å²) in [4.78, 5) is 24.9. The van der Waals surface area contributed by atoms with Crippen LogP contribution in [0.3, 0.4) is 0 Å². The lowest BCUT2D eigenvalue weighted by Crippen LogP contribution is -2.19. The van der Waals surface area contributed by atoms with E-state index in [4.69, 9.17) is 23.6 Å². The van der Waals surface area contributed by atoms with E-state index in [1.54, 1.807) is 6.92 Å². The van der Waals surface area contributed by atoms with Gasteiger partial charge in [0, 0.05) is 17.7 Å². The normalized spacial score (nSPS) is 12.0. The second kappa shape index (κ2) is 11.6. The van der Waals surface area contributed by atoms with Gasteiger partial charge >= 0.3 is 5.97 Å². The van der Waals surface area contributed by atoms with Crippen molar-refractivity contribution < 1.29 is 23.4 Å². The van der Waals surface area contributed by atoms with Crippen molar-refractivity contribution in [3.63, 3.8) is 0 Å². The monoisotopic (exact) mass is 475 g/mol. The number of fused-ring (bicyclic) bond motifs is 1. The molecule has 0 N–H and O–H groups in total. The Morgan fingerprint density at radius 1 is 1.03 bits per heavy atom. The summed E-state index contributed by atoms with van der Waals surface area (Å²) in [5.41, 5.74) is 4.03. The van der Waals surface area contributed by atoms with Gasteiger partial charge in [0.25, 0.3) is 0 Å². The van der Waals surface area contributed by atoms with Gasteiger partial charge in [-0.05, 0) is 25.0 Å². The molecule has 0 bridgehead atoms. The fourth-order valence-electron chi connectivity index (χ4n) is 3.65. The van der Waals surface area contributed by atoms with E-state index in [-0.39, 0.29) is 18.5 Å². The summed E-state index contributed by atoms with van der Waals surface area (Å²) in [5.74, 6) is 0.708. The van der Waals surface area contributed by atoms with Crippen LogP contribution in [0.5, 0.6) is 5.88 Å². The average Bonchev–Trinajstić information content (AvgIpc) is 3.28. The molecule has 3 aromatic heterocycles. The lowest BCUT2D eigenvalue weighted by Gasteiger charge is -2.13. The fraction of sp³-hybridized carbons (Fsp3) is 0.333. The molecule has 1 unspecified atom stereocenters. The van der Waals surface area contributed by atoms with E-state index in [2.05, 4.69) is 23.0 Å². The van der Waals surface area contributed by atoms with E-state index in [9.17, 15) is 4.79 Å². The van der Waals surface area contributed by atoms with Crippen molar-refractivity contribution >= 4 is 17.1 Å². The minimum atomic E-state index is -0.379. The van der Waals surface area contributed by atoms with Crippen LogP contribution >= 0.6 is 0 Å². The van der Waals surface area contributed by atoms with E-state index in [1.807, 2.05) is 49.5 Å². The molecule has 0 amide bonds. The molecule has 35 heavy (non-hydrogen) atoms. The molecule has 0 spiro atoms. The van der Waals surface area contributed by atoms with Crippen LogP contribution in [-0.4, -0.2) is 47.3 Å². The van der Waals surface area contributed by atoms with Gasteiger partial charge in [0.15, 0.2) is 0 Å². The number of nitrogens with zero attached hydrogens (tertiary/aromatic N) is 3. The van der Waals surface area contributed by atoms with E-state index >= 15 is 0 Å². The van der Waals surface area contributed by atoms with Crippen LogP contribution in [0.25, 0.3) is 33.7 Å². The van der Waals surface area contributed by atoms with Crippen LogP contribution in [0.2, 0.25) is 0 Å². The largest absolute Gasteiger partial charge is 0.477 e. The van der Waals surface area contributed by atoms with E-state index in [0.29, 0.717) is 42.6 Å². The first kappa shape index (κ1) is 24.3. The van der Waals surface area contributed by atoms with E-state index < -0.39 is 0 Å². The number of aromatic nitrogens is 3. The Kier molecular flexibility index (Phi) is 8.05. The molecule has 3 heterocycles. The molecule has 0 aliphatic heterocycles.